The maximum atomic E-state index is 11.5. The molecule has 15 heteroatoms. The van der Waals surface area contributed by atoms with Crippen LogP contribution in [0.4, 0.5) is 10.6 Å². The highest BCUT2D eigenvalue weighted by molar-refractivity contribution is 5.81. The highest BCUT2D eigenvalue weighted by Gasteiger charge is 2.23. The molecule has 3 aromatic heterocycles. The number of likely N-dealkylation sites (tertiary alicyclic amines) is 1. The second kappa shape index (κ2) is 21.1. The fraction of sp³-hybridized carbons (Fsp3) is 0.500. The smallest absolute Gasteiger partial charge is 0.410 e. The maximum absolute atomic E-state index is 11.5. The third-order valence-electron chi connectivity index (χ3n) is 7.18. The Morgan fingerprint density at radius 3 is 2.18 bits per heavy atom. The van der Waals surface area contributed by atoms with Gasteiger partial charge in [0.05, 0.1) is 12.3 Å². The van der Waals surface area contributed by atoms with Crippen LogP contribution in [-0.4, -0.2) is 97.7 Å². The van der Waals surface area contributed by atoms with E-state index >= 15 is 0 Å². The van der Waals surface area contributed by atoms with E-state index < -0.39 is 0 Å². The summed E-state index contributed by atoms with van der Waals surface area (Å²) in [6.45, 7) is 15.3. The van der Waals surface area contributed by atoms with Crippen molar-refractivity contribution in [1.29, 1.82) is 0 Å². The average Bonchev–Trinajstić information content (AvgIpc) is 3.75. The molecule has 0 spiro atoms. The average molecular weight is 708 g/mol. The number of methoxy groups -OCH3 is 1. The molecule has 0 bridgehead atoms. The second-order valence-corrected chi connectivity index (χ2v) is 12.8. The summed E-state index contributed by atoms with van der Waals surface area (Å²) in [6.07, 6.45) is 7.35. The minimum atomic E-state index is -0.367. The van der Waals surface area contributed by atoms with E-state index in [-0.39, 0.29) is 24.0 Å². The van der Waals surface area contributed by atoms with E-state index in [4.69, 9.17) is 9.47 Å². The number of rotatable bonds is 8. The molecule has 5 rings (SSSR count). The molecule has 4 aromatic rings. The van der Waals surface area contributed by atoms with Crippen molar-refractivity contribution in [3.05, 3.63) is 59.9 Å². The molecule has 1 saturated heterocycles. The molecule has 4 heterocycles. The number of aldehydes is 1. The molecule has 1 unspecified atom stereocenters. The Kier molecular flexibility index (Phi) is 17.4. The molecule has 1 atom stereocenters. The van der Waals surface area contributed by atoms with Gasteiger partial charge in [0, 0.05) is 51.6 Å². The number of benzene rings is 1. The molecule has 278 valence electrons. The summed E-state index contributed by atoms with van der Waals surface area (Å²) < 4.78 is 16.5. The number of pyridine rings is 1. The van der Waals surface area contributed by atoms with Crippen molar-refractivity contribution >= 4 is 24.7 Å². The molecule has 15 nitrogen and oxygen atoms in total. The molecule has 1 N–H and O–H groups in total. The molecule has 0 aliphatic carbocycles. The monoisotopic (exact) mass is 707 g/mol. The first-order chi connectivity index (χ1) is 24.2. The standard InChI is InChI=1S/C15H16N6O2.C10H19NO2.C7H10N2.C4H8O2/c1-10(23-3)21-18-15(17-19-21)14-13(8-16-20(14)2)12-6-4-11(9-22)5-7-12;1-10(2,3)13-9(12)11-7-5-4-6-8-11;1-6-4-3-5-9-7(6)8-2;1-4(2)6-3-5/h4-10H,1-3H3;4-8H2,1-3H3;3-5H,1-2H3,(H,8,9);3-4H,1-2H3. The van der Waals surface area contributed by atoms with Gasteiger partial charge in [0.25, 0.3) is 6.47 Å². The van der Waals surface area contributed by atoms with Gasteiger partial charge in [0.2, 0.25) is 5.82 Å². The number of aryl methyl sites for hydroxylation is 2. The van der Waals surface area contributed by atoms with E-state index in [1.165, 1.54) is 16.8 Å². The SMILES string of the molecule is CC(C)(C)OC(=O)N1CCCCC1.CC(C)OC=O.CNc1ncccc1C.COC(C)n1nnc(-c2c(-c3ccc(C=O)cc3)cnn2C)n1. The second-order valence-electron chi connectivity index (χ2n) is 12.8. The topological polar surface area (TPSA) is 168 Å². The number of ether oxygens (including phenoxy) is 3. The van der Waals surface area contributed by atoms with E-state index in [1.807, 2.05) is 73.0 Å². The van der Waals surface area contributed by atoms with Crippen molar-refractivity contribution in [1.82, 2.24) is 39.9 Å². The number of amides is 1. The van der Waals surface area contributed by atoms with E-state index in [0.717, 1.165) is 54.9 Å². The normalized spacial score (nSPS) is 12.9. The molecule has 0 radical (unpaired) electrons. The number of hydrogen-bond donors (Lipinski definition) is 1. The van der Waals surface area contributed by atoms with Crippen LogP contribution in [0.25, 0.3) is 22.6 Å². The molecule has 1 aliphatic rings. The zero-order valence-corrected chi connectivity index (χ0v) is 31.5. The molecule has 1 amide bonds. The van der Waals surface area contributed by atoms with Gasteiger partial charge in [-0.1, -0.05) is 30.3 Å². The van der Waals surface area contributed by atoms with Crippen molar-refractivity contribution in [2.45, 2.75) is 85.7 Å². The van der Waals surface area contributed by atoms with Crippen LogP contribution in [0, 0.1) is 6.92 Å². The highest BCUT2D eigenvalue weighted by atomic mass is 16.6. The number of piperidine rings is 1. The summed E-state index contributed by atoms with van der Waals surface area (Å²) in [4.78, 5) is 39.0. The Morgan fingerprint density at radius 2 is 1.69 bits per heavy atom. The lowest BCUT2D eigenvalue weighted by Crippen LogP contribution is -2.39. The van der Waals surface area contributed by atoms with Crippen molar-refractivity contribution in [2.75, 3.05) is 32.6 Å². The van der Waals surface area contributed by atoms with Gasteiger partial charge >= 0.3 is 6.09 Å². The molecule has 1 aliphatic heterocycles. The number of nitrogens with one attached hydrogen (secondary N) is 1. The predicted octanol–water partition coefficient (Wildman–Crippen LogP) is 6.12. The molecule has 1 fully saturated rings. The van der Waals surface area contributed by atoms with E-state index in [1.54, 1.807) is 55.1 Å². The number of hydrogen-bond acceptors (Lipinski definition) is 12. The number of nitrogens with zero attached hydrogens (tertiary/aromatic N) is 8. The fourth-order valence-electron chi connectivity index (χ4n) is 4.48. The Morgan fingerprint density at radius 1 is 1.02 bits per heavy atom. The van der Waals surface area contributed by atoms with Crippen LogP contribution in [-0.2, 0) is 26.1 Å². The van der Waals surface area contributed by atoms with Crippen LogP contribution in [0.1, 0.15) is 83.0 Å². The summed E-state index contributed by atoms with van der Waals surface area (Å²) in [7, 11) is 5.27. The lowest BCUT2D eigenvalue weighted by atomic mass is 10.0. The third kappa shape index (κ3) is 14.3. The minimum absolute atomic E-state index is 0.0301. The molecule has 1 aromatic carbocycles. The van der Waals surface area contributed by atoms with Crippen LogP contribution in [0.15, 0.2) is 48.8 Å². The predicted molar refractivity (Wildman–Crippen MR) is 195 cm³/mol. The van der Waals surface area contributed by atoms with E-state index in [0.29, 0.717) is 17.9 Å². The molecular formula is C36H53N9O6. The van der Waals surface area contributed by atoms with Gasteiger partial charge in [-0.15, -0.1) is 15.0 Å². The van der Waals surface area contributed by atoms with Gasteiger partial charge < -0.3 is 24.4 Å². The first kappa shape index (κ1) is 42.0. The molecular weight excluding hydrogens is 654 g/mol. The maximum Gasteiger partial charge on any atom is 0.410 e. The molecule has 51 heavy (non-hydrogen) atoms. The van der Waals surface area contributed by atoms with E-state index in [2.05, 4.69) is 35.5 Å². The quantitative estimate of drug-likeness (QED) is 0.209. The van der Waals surface area contributed by atoms with Crippen LogP contribution in [0.3, 0.4) is 0 Å². The lowest BCUT2D eigenvalue weighted by Gasteiger charge is -2.29. The lowest BCUT2D eigenvalue weighted by molar-refractivity contribution is -0.131. The van der Waals surface area contributed by atoms with Crippen LogP contribution in [0.5, 0.6) is 0 Å². The van der Waals surface area contributed by atoms with Crippen molar-refractivity contribution in [2.24, 2.45) is 7.05 Å². The van der Waals surface area contributed by atoms with Crippen molar-refractivity contribution < 1.29 is 28.6 Å². The number of tetrazole rings is 1. The zero-order valence-electron chi connectivity index (χ0n) is 31.5. The van der Waals surface area contributed by atoms with Crippen LogP contribution < -0.4 is 5.32 Å². The van der Waals surface area contributed by atoms with Gasteiger partial charge in [-0.05, 0) is 90.1 Å². The Bertz CT molecular complexity index is 1620. The summed E-state index contributed by atoms with van der Waals surface area (Å²) in [5.74, 6) is 1.42. The number of carbonyl (C=O) groups excluding carboxylic acids is 3. The van der Waals surface area contributed by atoms with Crippen LogP contribution in [0.2, 0.25) is 0 Å². The van der Waals surface area contributed by atoms with Gasteiger partial charge in [0.15, 0.2) is 6.23 Å². The van der Waals surface area contributed by atoms with Gasteiger partial charge in [-0.25, -0.2) is 9.78 Å². The summed E-state index contributed by atoms with van der Waals surface area (Å²) in [5.41, 5.74) is 3.98. The van der Waals surface area contributed by atoms with Gasteiger partial charge in [-0.2, -0.15) is 5.10 Å². The number of anilines is 1. The van der Waals surface area contributed by atoms with Crippen molar-refractivity contribution in [3.63, 3.8) is 0 Å². The summed E-state index contributed by atoms with van der Waals surface area (Å²) in [6, 6.07) is 11.2. The number of carbonyl (C=O) groups is 3. The highest BCUT2D eigenvalue weighted by Crippen LogP contribution is 2.29. The minimum Gasteiger partial charge on any atom is -0.465 e. The van der Waals surface area contributed by atoms with E-state index in [9.17, 15) is 14.4 Å². The van der Waals surface area contributed by atoms with Gasteiger partial charge in [-0.3, -0.25) is 14.3 Å². The Hall–Kier alpha value is -5.18. The fourth-order valence-corrected chi connectivity index (χ4v) is 4.48. The first-order valence-electron chi connectivity index (χ1n) is 16.8. The summed E-state index contributed by atoms with van der Waals surface area (Å²) in [5, 5.41) is 19.7. The van der Waals surface area contributed by atoms with Gasteiger partial charge in [0.1, 0.15) is 23.4 Å². The Labute approximate surface area is 300 Å². The van der Waals surface area contributed by atoms with Crippen molar-refractivity contribution in [3.8, 4) is 22.6 Å². The third-order valence-corrected chi connectivity index (χ3v) is 7.18. The Balaban J connectivity index is 0.000000270. The largest absolute Gasteiger partial charge is 0.465 e. The first-order valence-corrected chi connectivity index (χ1v) is 16.8. The number of aromatic nitrogens is 7. The zero-order chi connectivity index (χ0) is 38.0. The summed E-state index contributed by atoms with van der Waals surface area (Å²) >= 11 is 0. The van der Waals surface area contributed by atoms with Crippen LogP contribution >= 0.6 is 0 Å². The molecule has 0 saturated carbocycles.